The van der Waals surface area contributed by atoms with Gasteiger partial charge in [-0.25, -0.2) is 4.79 Å². The first-order valence-corrected chi connectivity index (χ1v) is 8.19. The first-order valence-electron chi connectivity index (χ1n) is 8.19. The third kappa shape index (κ3) is 2.37. The molecular formula is C19H19N3O3. The van der Waals surface area contributed by atoms with Crippen LogP contribution >= 0.6 is 0 Å². The number of aliphatic hydroxyl groups excluding tert-OH is 1. The van der Waals surface area contributed by atoms with Crippen molar-refractivity contribution < 1.29 is 9.90 Å². The molecule has 0 saturated carbocycles. The summed E-state index contributed by atoms with van der Waals surface area (Å²) in [6.45, 7) is 0. The first kappa shape index (κ1) is 15.7. The number of amides is 1. The normalized spacial score (nSPS) is 19.2. The molecule has 1 heterocycles. The standard InChI is InChI=1S/C19H19N3O3/c1-21-14-8-7-12(9-15(14)22(2)19(21)25)18(24)20-17-13-6-4-3-5-11(13)10-16(17)23/h3-9,16-17,23H,10H2,1-2H3,(H,20,24). The first-order chi connectivity index (χ1) is 12.0. The Balaban J connectivity index is 1.67. The van der Waals surface area contributed by atoms with E-state index < -0.39 is 12.1 Å². The van der Waals surface area contributed by atoms with Crippen LogP contribution in [0.4, 0.5) is 0 Å². The van der Waals surface area contributed by atoms with Crippen molar-refractivity contribution in [1.29, 1.82) is 0 Å². The van der Waals surface area contributed by atoms with Gasteiger partial charge in [-0.2, -0.15) is 0 Å². The van der Waals surface area contributed by atoms with Gasteiger partial charge in [0.1, 0.15) is 0 Å². The number of imidazole rings is 1. The van der Waals surface area contributed by atoms with E-state index >= 15 is 0 Å². The minimum Gasteiger partial charge on any atom is -0.390 e. The van der Waals surface area contributed by atoms with Gasteiger partial charge in [0.25, 0.3) is 5.91 Å². The van der Waals surface area contributed by atoms with Crippen LogP contribution in [0.3, 0.4) is 0 Å². The molecule has 0 fully saturated rings. The van der Waals surface area contributed by atoms with Crippen LogP contribution in [0.1, 0.15) is 27.5 Å². The van der Waals surface area contributed by atoms with Gasteiger partial charge in [-0.05, 0) is 29.3 Å². The molecule has 2 N–H and O–H groups in total. The lowest BCUT2D eigenvalue weighted by Gasteiger charge is -2.18. The minimum absolute atomic E-state index is 0.132. The van der Waals surface area contributed by atoms with Crippen LogP contribution in [0.15, 0.2) is 47.3 Å². The van der Waals surface area contributed by atoms with E-state index in [1.807, 2.05) is 24.3 Å². The number of hydrogen-bond acceptors (Lipinski definition) is 3. The molecule has 2 atom stereocenters. The highest BCUT2D eigenvalue weighted by molar-refractivity contribution is 5.97. The summed E-state index contributed by atoms with van der Waals surface area (Å²) < 4.78 is 3.07. The number of nitrogens with zero attached hydrogens (tertiary/aromatic N) is 2. The second-order valence-corrected chi connectivity index (χ2v) is 6.53. The van der Waals surface area contributed by atoms with Gasteiger partial charge in [0, 0.05) is 26.1 Å². The van der Waals surface area contributed by atoms with E-state index in [1.165, 1.54) is 4.57 Å². The van der Waals surface area contributed by atoms with Crippen molar-refractivity contribution in [2.24, 2.45) is 14.1 Å². The fourth-order valence-corrected chi connectivity index (χ4v) is 3.62. The van der Waals surface area contributed by atoms with Crippen molar-refractivity contribution in [1.82, 2.24) is 14.5 Å². The lowest BCUT2D eigenvalue weighted by Crippen LogP contribution is -2.33. The van der Waals surface area contributed by atoms with E-state index in [-0.39, 0.29) is 11.6 Å². The smallest absolute Gasteiger partial charge is 0.328 e. The van der Waals surface area contributed by atoms with Crippen LogP contribution in [-0.2, 0) is 20.5 Å². The Hall–Kier alpha value is -2.86. The quantitative estimate of drug-likeness (QED) is 0.739. The minimum atomic E-state index is -0.633. The number of rotatable bonds is 2. The molecule has 6 heteroatoms. The van der Waals surface area contributed by atoms with Crippen molar-refractivity contribution in [2.45, 2.75) is 18.6 Å². The van der Waals surface area contributed by atoms with E-state index in [0.29, 0.717) is 17.5 Å². The summed E-state index contributed by atoms with van der Waals surface area (Å²) in [6, 6.07) is 12.5. The molecule has 128 valence electrons. The highest BCUT2D eigenvalue weighted by Crippen LogP contribution is 2.31. The summed E-state index contributed by atoms with van der Waals surface area (Å²) in [6.07, 6.45) is -0.0981. The van der Waals surface area contributed by atoms with Gasteiger partial charge in [0.05, 0.1) is 23.2 Å². The van der Waals surface area contributed by atoms with Crippen LogP contribution in [0.25, 0.3) is 11.0 Å². The van der Waals surface area contributed by atoms with Crippen LogP contribution < -0.4 is 11.0 Å². The van der Waals surface area contributed by atoms with Crippen molar-refractivity contribution in [3.8, 4) is 0 Å². The predicted molar refractivity (Wildman–Crippen MR) is 94.5 cm³/mol. The molecule has 1 aliphatic carbocycles. The monoisotopic (exact) mass is 337 g/mol. The van der Waals surface area contributed by atoms with Gasteiger partial charge < -0.3 is 10.4 Å². The number of carbonyl (C=O) groups is 1. The van der Waals surface area contributed by atoms with Gasteiger partial charge >= 0.3 is 5.69 Å². The van der Waals surface area contributed by atoms with Gasteiger partial charge in [0.15, 0.2) is 0 Å². The Morgan fingerprint density at radius 2 is 1.84 bits per heavy atom. The third-order valence-corrected chi connectivity index (χ3v) is 5.02. The lowest BCUT2D eigenvalue weighted by molar-refractivity contribution is 0.0858. The SMILES string of the molecule is Cn1c(=O)n(C)c2cc(C(=O)NC3c4ccccc4CC3O)ccc21. The maximum absolute atomic E-state index is 12.7. The summed E-state index contributed by atoms with van der Waals surface area (Å²) in [7, 11) is 3.39. The number of carbonyl (C=O) groups excluding carboxylic acids is 1. The molecule has 25 heavy (non-hydrogen) atoms. The van der Waals surface area contributed by atoms with Gasteiger partial charge in [-0.3, -0.25) is 13.9 Å². The fraction of sp³-hybridized carbons (Fsp3) is 0.263. The van der Waals surface area contributed by atoms with E-state index in [2.05, 4.69) is 5.32 Å². The Morgan fingerprint density at radius 3 is 2.64 bits per heavy atom. The van der Waals surface area contributed by atoms with Crippen molar-refractivity contribution in [3.05, 3.63) is 69.6 Å². The lowest BCUT2D eigenvalue weighted by atomic mass is 10.1. The summed E-state index contributed by atoms with van der Waals surface area (Å²) in [4.78, 5) is 24.7. The predicted octanol–water partition coefficient (Wildman–Crippen LogP) is 1.27. The van der Waals surface area contributed by atoms with E-state index in [1.54, 1.807) is 36.9 Å². The number of nitrogens with one attached hydrogen (secondary N) is 1. The number of hydrogen-bond donors (Lipinski definition) is 2. The molecule has 0 aliphatic heterocycles. The number of aliphatic hydroxyl groups is 1. The average molecular weight is 337 g/mol. The number of aryl methyl sites for hydroxylation is 2. The fourth-order valence-electron chi connectivity index (χ4n) is 3.62. The topological polar surface area (TPSA) is 76.3 Å². The maximum atomic E-state index is 12.7. The summed E-state index contributed by atoms with van der Waals surface area (Å²) in [5.41, 5.74) is 3.82. The largest absolute Gasteiger partial charge is 0.390 e. The van der Waals surface area contributed by atoms with Gasteiger partial charge in [-0.1, -0.05) is 24.3 Å². The summed E-state index contributed by atoms with van der Waals surface area (Å²) >= 11 is 0. The summed E-state index contributed by atoms with van der Waals surface area (Å²) in [5, 5.41) is 13.2. The van der Waals surface area contributed by atoms with Crippen molar-refractivity contribution >= 4 is 16.9 Å². The van der Waals surface area contributed by atoms with E-state index in [9.17, 15) is 14.7 Å². The zero-order valence-electron chi connectivity index (χ0n) is 14.1. The Kier molecular flexibility index (Phi) is 3.51. The van der Waals surface area contributed by atoms with Gasteiger partial charge in [0.2, 0.25) is 0 Å². The summed E-state index contributed by atoms with van der Waals surface area (Å²) in [5.74, 6) is -0.265. The molecule has 0 saturated heterocycles. The second kappa shape index (κ2) is 5.60. The Bertz CT molecular complexity index is 1050. The van der Waals surface area contributed by atoms with Gasteiger partial charge in [-0.15, -0.1) is 0 Å². The van der Waals surface area contributed by atoms with Crippen LogP contribution in [-0.4, -0.2) is 26.3 Å². The zero-order valence-corrected chi connectivity index (χ0v) is 14.1. The van der Waals surface area contributed by atoms with E-state index in [0.717, 1.165) is 16.6 Å². The Labute approximate surface area is 144 Å². The zero-order chi connectivity index (χ0) is 17.7. The average Bonchev–Trinajstić information content (AvgIpc) is 3.04. The molecule has 3 aromatic rings. The highest BCUT2D eigenvalue weighted by atomic mass is 16.3. The molecule has 1 aliphatic rings. The van der Waals surface area contributed by atoms with Crippen molar-refractivity contribution in [2.75, 3.05) is 0 Å². The molecule has 0 spiro atoms. The second-order valence-electron chi connectivity index (χ2n) is 6.53. The Morgan fingerprint density at radius 1 is 1.12 bits per heavy atom. The molecule has 2 aromatic carbocycles. The molecule has 0 bridgehead atoms. The molecule has 2 unspecified atom stereocenters. The number of benzene rings is 2. The number of aromatic nitrogens is 2. The molecular weight excluding hydrogens is 318 g/mol. The molecule has 1 amide bonds. The highest BCUT2D eigenvalue weighted by Gasteiger charge is 2.32. The third-order valence-electron chi connectivity index (χ3n) is 5.02. The maximum Gasteiger partial charge on any atom is 0.328 e. The van der Waals surface area contributed by atoms with Crippen LogP contribution in [0, 0.1) is 0 Å². The van der Waals surface area contributed by atoms with Crippen molar-refractivity contribution in [3.63, 3.8) is 0 Å². The van der Waals surface area contributed by atoms with Crippen LogP contribution in [0.2, 0.25) is 0 Å². The molecule has 0 radical (unpaired) electrons. The van der Waals surface area contributed by atoms with E-state index in [4.69, 9.17) is 0 Å². The van der Waals surface area contributed by atoms with Crippen LogP contribution in [0.5, 0.6) is 0 Å². The molecule has 6 nitrogen and oxygen atoms in total. The molecule has 4 rings (SSSR count). The number of fused-ring (bicyclic) bond motifs is 2. The molecule has 1 aromatic heterocycles.